The van der Waals surface area contributed by atoms with Gasteiger partial charge in [-0.15, -0.1) is 5.10 Å². The SMILES string of the molecule is CCCOc1ccc(-c2nn(-c3ccccc3)cc2/C=c2\sc3nc(-c4ccc(Br)cc4)nn3c2=O)cc1. The maximum Gasteiger partial charge on any atom is 0.291 e. The summed E-state index contributed by atoms with van der Waals surface area (Å²) in [5.41, 5.74) is 4.10. The van der Waals surface area contributed by atoms with Gasteiger partial charge in [0.15, 0.2) is 5.82 Å². The van der Waals surface area contributed by atoms with Crippen molar-refractivity contribution < 1.29 is 4.74 Å². The Bertz CT molecular complexity index is 1820. The summed E-state index contributed by atoms with van der Waals surface area (Å²) >= 11 is 4.75. The Morgan fingerprint density at radius 3 is 2.39 bits per heavy atom. The van der Waals surface area contributed by atoms with Crippen LogP contribution >= 0.6 is 27.3 Å². The van der Waals surface area contributed by atoms with Crippen LogP contribution in [0.15, 0.2) is 94.3 Å². The van der Waals surface area contributed by atoms with Crippen molar-refractivity contribution in [3.8, 4) is 34.1 Å². The summed E-state index contributed by atoms with van der Waals surface area (Å²) in [4.78, 5) is 18.4. The summed E-state index contributed by atoms with van der Waals surface area (Å²) in [5.74, 6) is 1.34. The summed E-state index contributed by atoms with van der Waals surface area (Å²) in [6.07, 6.45) is 4.75. The number of fused-ring (bicyclic) bond motifs is 1. The first-order valence-corrected chi connectivity index (χ1v) is 13.8. The van der Waals surface area contributed by atoms with Gasteiger partial charge in [0.1, 0.15) is 11.4 Å². The molecule has 0 unspecified atom stereocenters. The minimum absolute atomic E-state index is 0.206. The van der Waals surface area contributed by atoms with E-state index in [-0.39, 0.29) is 5.56 Å². The van der Waals surface area contributed by atoms with Crippen LogP contribution in [0.25, 0.3) is 39.4 Å². The zero-order chi connectivity index (χ0) is 26.1. The van der Waals surface area contributed by atoms with Crippen molar-refractivity contribution in [2.24, 2.45) is 0 Å². The lowest BCUT2D eigenvalue weighted by atomic mass is 10.1. The van der Waals surface area contributed by atoms with E-state index in [2.05, 4.69) is 32.9 Å². The number of ether oxygens (including phenoxy) is 1. The quantitative estimate of drug-likeness (QED) is 0.238. The first kappa shape index (κ1) is 24.3. The number of aromatic nitrogens is 5. The molecule has 0 atom stereocenters. The van der Waals surface area contributed by atoms with Crippen molar-refractivity contribution in [2.75, 3.05) is 6.61 Å². The molecule has 0 aliphatic carbocycles. The largest absolute Gasteiger partial charge is 0.494 e. The van der Waals surface area contributed by atoms with Gasteiger partial charge in [0, 0.05) is 27.4 Å². The minimum atomic E-state index is -0.206. The topological polar surface area (TPSA) is 74.3 Å². The Balaban J connectivity index is 1.43. The summed E-state index contributed by atoms with van der Waals surface area (Å²) in [6, 6.07) is 25.5. The molecule has 3 aromatic carbocycles. The molecule has 9 heteroatoms. The van der Waals surface area contributed by atoms with Crippen LogP contribution in [0.4, 0.5) is 0 Å². The molecule has 3 heterocycles. The molecule has 0 saturated heterocycles. The smallest absolute Gasteiger partial charge is 0.291 e. The highest BCUT2D eigenvalue weighted by atomic mass is 79.9. The second-order valence-electron chi connectivity index (χ2n) is 8.64. The van der Waals surface area contributed by atoms with Gasteiger partial charge in [-0.2, -0.15) is 14.6 Å². The zero-order valence-electron chi connectivity index (χ0n) is 20.4. The second-order valence-corrected chi connectivity index (χ2v) is 10.6. The van der Waals surface area contributed by atoms with Crippen LogP contribution in [0.1, 0.15) is 18.9 Å². The van der Waals surface area contributed by atoms with E-state index in [9.17, 15) is 4.79 Å². The van der Waals surface area contributed by atoms with Gasteiger partial charge in [-0.05, 0) is 61.0 Å². The van der Waals surface area contributed by atoms with Crippen LogP contribution < -0.4 is 14.8 Å². The van der Waals surface area contributed by atoms with Gasteiger partial charge in [0.25, 0.3) is 5.56 Å². The molecule has 0 aliphatic rings. The number of para-hydroxylation sites is 1. The van der Waals surface area contributed by atoms with Gasteiger partial charge >= 0.3 is 0 Å². The van der Waals surface area contributed by atoms with Gasteiger partial charge in [-0.25, -0.2) is 4.68 Å². The highest BCUT2D eigenvalue weighted by molar-refractivity contribution is 9.10. The summed E-state index contributed by atoms with van der Waals surface area (Å²) in [5, 5.41) is 9.35. The highest BCUT2D eigenvalue weighted by Crippen LogP contribution is 2.27. The van der Waals surface area contributed by atoms with Gasteiger partial charge < -0.3 is 4.74 Å². The van der Waals surface area contributed by atoms with E-state index in [4.69, 9.17) is 9.84 Å². The molecule has 0 N–H and O–H groups in total. The molecule has 0 amide bonds. The maximum absolute atomic E-state index is 13.3. The van der Waals surface area contributed by atoms with Crippen molar-refractivity contribution in [1.82, 2.24) is 24.4 Å². The first-order valence-electron chi connectivity index (χ1n) is 12.1. The number of halogens is 1. The van der Waals surface area contributed by atoms with E-state index in [1.807, 2.05) is 95.8 Å². The standard InChI is InChI=1S/C29H22BrN5O2S/c1-2-16-37-24-14-10-19(11-15-24)26-21(18-34(32-26)23-6-4-3-5-7-23)17-25-28(36)35-29(38-25)31-27(33-35)20-8-12-22(30)13-9-20/h3-15,17-18H,2,16H2,1H3/b25-17-. The Morgan fingerprint density at radius 2 is 1.68 bits per heavy atom. The molecule has 0 saturated carbocycles. The van der Waals surface area contributed by atoms with E-state index < -0.39 is 0 Å². The van der Waals surface area contributed by atoms with Crippen LogP contribution in [0.5, 0.6) is 5.75 Å². The Labute approximate surface area is 230 Å². The molecule has 7 nitrogen and oxygen atoms in total. The zero-order valence-corrected chi connectivity index (χ0v) is 22.8. The lowest BCUT2D eigenvalue weighted by Gasteiger charge is -2.05. The number of benzene rings is 3. The van der Waals surface area contributed by atoms with Crippen molar-refractivity contribution >= 4 is 38.3 Å². The third-order valence-electron chi connectivity index (χ3n) is 5.93. The molecular formula is C29H22BrN5O2S. The number of hydrogen-bond acceptors (Lipinski definition) is 6. The van der Waals surface area contributed by atoms with E-state index in [1.165, 1.54) is 15.9 Å². The summed E-state index contributed by atoms with van der Waals surface area (Å²) < 4.78 is 10.5. The van der Waals surface area contributed by atoms with Crippen molar-refractivity contribution in [3.63, 3.8) is 0 Å². The van der Waals surface area contributed by atoms with Gasteiger partial charge in [-0.3, -0.25) is 4.79 Å². The Kier molecular flexibility index (Phi) is 6.61. The molecule has 6 aromatic rings. The Morgan fingerprint density at radius 1 is 0.947 bits per heavy atom. The fourth-order valence-corrected chi connectivity index (χ4v) is 5.22. The van der Waals surface area contributed by atoms with Crippen molar-refractivity contribution in [2.45, 2.75) is 13.3 Å². The fraction of sp³-hybridized carbons (Fsp3) is 0.103. The van der Waals surface area contributed by atoms with E-state index >= 15 is 0 Å². The van der Waals surface area contributed by atoms with Crippen LogP contribution in [0.3, 0.4) is 0 Å². The second kappa shape index (κ2) is 10.4. The lowest BCUT2D eigenvalue weighted by molar-refractivity contribution is 0.317. The monoisotopic (exact) mass is 583 g/mol. The molecule has 0 radical (unpaired) electrons. The van der Waals surface area contributed by atoms with Crippen LogP contribution in [0, 0.1) is 0 Å². The van der Waals surface area contributed by atoms with E-state index in [0.29, 0.717) is 21.9 Å². The molecule has 6 rings (SSSR count). The van der Waals surface area contributed by atoms with Crippen molar-refractivity contribution in [3.05, 3.63) is 110 Å². The third kappa shape index (κ3) is 4.78. The number of rotatable bonds is 7. The molecule has 0 aliphatic heterocycles. The van der Waals surface area contributed by atoms with Gasteiger partial charge in [0.2, 0.25) is 4.96 Å². The molecule has 0 bridgehead atoms. The highest BCUT2D eigenvalue weighted by Gasteiger charge is 2.15. The number of nitrogens with zero attached hydrogens (tertiary/aromatic N) is 5. The maximum atomic E-state index is 13.3. The molecule has 188 valence electrons. The molecule has 3 aromatic heterocycles. The van der Waals surface area contributed by atoms with Crippen LogP contribution in [0.2, 0.25) is 0 Å². The van der Waals surface area contributed by atoms with Crippen molar-refractivity contribution in [1.29, 1.82) is 0 Å². The number of hydrogen-bond donors (Lipinski definition) is 0. The predicted molar refractivity (Wildman–Crippen MR) is 154 cm³/mol. The van der Waals surface area contributed by atoms with E-state index in [1.54, 1.807) is 0 Å². The average Bonchev–Trinajstić information content (AvgIpc) is 3.64. The number of thiazole rings is 1. The predicted octanol–water partition coefficient (Wildman–Crippen LogP) is 5.77. The molecule has 0 fully saturated rings. The van der Waals surface area contributed by atoms with E-state index in [0.717, 1.165) is 44.7 Å². The van der Waals surface area contributed by atoms with Crippen LogP contribution in [-0.4, -0.2) is 31.0 Å². The first-order chi connectivity index (χ1) is 18.6. The third-order valence-corrected chi connectivity index (χ3v) is 7.42. The summed E-state index contributed by atoms with van der Waals surface area (Å²) in [7, 11) is 0. The molecule has 38 heavy (non-hydrogen) atoms. The Hall–Kier alpha value is -4.08. The molecule has 0 spiro atoms. The van der Waals surface area contributed by atoms with Crippen LogP contribution in [-0.2, 0) is 0 Å². The van der Waals surface area contributed by atoms with Gasteiger partial charge in [-0.1, -0.05) is 64.5 Å². The molecular weight excluding hydrogens is 562 g/mol. The van der Waals surface area contributed by atoms with Gasteiger partial charge in [0.05, 0.1) is 16.8 Å². The minimum Gasteiger partial charge on any atom is -0.494 e. The summed E-state index contributed by atoms with van der Waals surface area (Å²) in [6.45, 7) is 2.75. The normalized spacial score (nSPS) is 11.9. The lowest BCUT2D eigenvalue weighted by Crippen LogP contribution is -2.23. The average molecular weight is 584 g/mol. The fourth-order valence-electron chi connectivity index (χ4n) is 4.06.